The Labute approximate surface area is 181 Å². The quantitative estimate of drug-likeness (QED) is 0.388. The molecule has 0 atom stereocenters. The van der Waals surface area contributed by atoms with Gasteiger partial charge in [0.15, 0.2) is 11.5 Å². The molecule has 0 fully saturated rings. The van der Waals surface area contributed by atoms with Crippen LogP contribution in [0.3, 0.4) is 0 Å². The van der Waals surface area contributed by atoms with Crippen LogP contribution in [-0.4, -0.2) is 24.9 Å². The molecule has 31 heavy (non-hydrogen) atoms. The molecule has 0 saturated carbocycles. The smallest absolute Gasteiger partial charge is 0.182 e. The number of nitrogens with one attached hydrogen (secondary N) is 1. The number of aryl methyl sites for hydroxylation is 1. The molecule has 2 aromatic carbocycles. The van der Waals surface area contributed by atoms with E-state index in [1.165, 1.54) is 36.9 Å². The molecule has 0 radical (unpaired) electrons. The van der Waals surface area contributed by atoms with Crippen molar-refractivity contribution in [3.8, 4) is 11.3 Å². The second-order valence-corrected chi connectivity index (χ2v) is 7.08. The maximum atomic E-state index is 14.1. The molecule has 3 N–H and O–H groups in total. The van der Waals surface area contributed by atoms with Gasteiger partial charge in [-0.25, -0.2) is 28.7 Å². The van der Waals surface area contributed by atoms with Gasteiger partial charge in [-0.05, 0) is 42.3 Å². The van der Waals surface area contributed by atoms with E-state index in [9.17, 15) is 8.78 Å². The number of hydrogen-bond donors (Lipinski definition) is 2. The lowest BCUT2D eigenvalue weighted by molar-refractivity contribution is 0.629. The topological polar surface area (TPSA) is 93.4 Å². The molecule has 5 aromatic rings. The van der Waals surface area contributed by atoms with Crippen LogP contribution in [0.1, 0.15) is 12.5 Å². The monoisotopic (exact) mass is 438 g/mol. The Kier molecular flexibility index (Phi) is 5.73. The number of nitrogens with zero attached hydrogens (tertiary/aromatic N) is 4. The molecule has 3 heterocycles. The molecule has 0 aliphatic heterocycles. The highest BCUT2D eigenvalue weighted by atomic mass is 35.5. The summed E-state index contributed by atoms with van der Waals surface area (Å²) in [6, 6.07) is 10.9. The largest absolute Gasteiger partial charge is 0.382 e. The van der Waals surface area contributed by atoms with Crippen LogP contribution < -0.4 is 5.73 Å². The number of fused-ring (bicyclic) bond motifs is 2. The van der Waals surface area contributed by atoms with Gasteiger partial charge in [0.25, 0.3) is 0 Å². The number of aromatic amines is 1. The molecular weight excluding hydrogens is 422 g/mol. The van der Waals surface area contributed by atoms with E-state index in [-0.39, 0.29) is 5.52 Å². The van der Waals surface area contributed by atoms with Crippen LogP contribution in [0.5, 0.6) is 0 Å². The highest BCUT2D eigenvalue weighted by Gasteiger charge is 2.14. The summed E-state index contributed by atoms with van der Waals surface area (Å²) in [5.74, 6) is -0.404. The second kappa shape index (κ2) is 8.61. The van der Waals surface area contributed by atoms with Crippen molar-refractivity contribution in [3.05, 3.63) is 77.3 Å². The summed E-state index contributed by atoms with van der Waals surface area (Å²) in [6.45, 7) is 1.95. The molecule has 0 unspecified atom stereocenters. The van der Waals surface area contributed by atoms with Crippen molar-refractivity contribution in [1.29, 1.82) is 0 Å². The van der Waals surface area contributed by atoms with Gasteiger partial charge in [0.2, 0.25) is 0 Å². The Morgan fingerprint density at radius 1 is 1.03 bits per heavy atom. The van der Waals surface area contributed by atoms with Gasteiger partial charge in [-0.15, -0.1) is 0 Å². The molecule has 0 aliphatic carbocycles. The number of imidazole rings is 1. The third kappa shape index (κ3) is 4.15. The van der Waals surface area contributed by atoms with E-state index in [1.54, 1.807) is 12.1 Å². The van der Waals surface area contributed by atoms with Crippen molar-refractivity contribution in [3.63, 3.8) is 0 Å². The number of nitrogens with two attached hydrogens (primary N) is 1. The Balaban J connectivity index is 0.000000192. The Hall–Kier alpha value is -3.65. The lowest BCUT2D eigenvalue weighted by Gasteiger charge is -2.11. The van der Waals surface area contributed by atoms with Crippen molar-refractivity contribution >= 4 is 39.5 Å². The summed E-state index contributed by atoms with van der Waals surface area (Å²) in [4.78, 5) is 18.7. The Morgan fingerprint density at radius 3 is 2.65 bits per heavy atom. The predicted molar refractivity (Wildman–Crippen MR) is 118 cm³/mol. The van der Waals surface area contributed by atoms with Gasteiger partial charge >= 0.3 is 0 Å². The third-order valence-electron chi connectivity index (χ3n) is 4.69. The molecule has 5 rings (SSSR count). The molecule has 0 bridgehead atoms. The zero-order valence-electron chi connectivity index (χ0n) is 16.4. The van der Waals surface area contributed by atoms with E-state index in [1.807, 2.05) is 13.0 Å². The maximum absolute atomic E-state index is 14.1. The first-order valence-electron chi connectivity index (χ1n) is 9.41. The second-order valence-electron chi connectivity index (χ2n) is 6.65. The standard InChI is InChI=1S/C17H12ClF2N.C5H5N5/c1-2-10-8-11-4-3-5-15(20)17(11)21-16(10)13-9-12(18)6-7-14(13)19;6-4-3-5(9-1-7-3)10-2-8-4/h3-9H,2H2,1H3;1-2H,(H3,6,7,8,9,10). The lowest BCUT2D eigenvalue weighted by atomic mass is 10.0. The van der Waals surface area contributed by atoms with E-state index in [0.717, 1.165) is 5.56 Å². The maximum Gasteiger partial charge on any atom is 0.182 e. The van der Waals surface area contributed by atoms with Crippen LogP contribution in [0.4, 0.5) is 14.6 Å². The summed E-state index contributed by atoms with van der Waals surface area (Å²) in [7, 11) is 0. The van der Waals surface area contributed by atoms with Crippen LogP contribution in [0, 0.1) is 11.6 Å². The van der Waals surface area contributed by atoms with E-state index < -0.39 is 11.6 Å². The van der Waals surface area contributed by atoms with Gasteiger partial charge in [0.05, 0.1) is 12.0 Å². The lowest BCUT2D eigenvalue weighted by Crippen LogP contribution is -1.97. The summed E-state index contributed by atoms with van der Waals surface area (Å²) in [6.07, 6.45) is 3.59. The summed E-state index contributed by atoms with van der Waals surface area (Å²) in [5.41, 5.74) is 8.61. The number of H-pyrrole nitrogens is 1. The Bertz CT molecular complexity index is 1390. The van der Waals surface area contributed by atoms with E-state index in [4.69, 9.17) is 17.3 Å². The zero-order chi connectivity index (χ0) is 22.0. The first kappa shape index (κ1) is 20.6. The number of hydrogen-bond acceptors (Lipinski definition) is 5. The minimum atomic E-state index is -0.419. The molecule has 0 amide bonds. The predicted octanol–water partition coefficient (Wildman–Crippen LogP) is 5.33. The van der Waals surface area contributed by atoms with Crippen molar-refractivity contribution < 1.29 is 8.78 Å². The number of para-hydroxylation sites is 1. The van der Waals surface area contributed by atoms with Gasteiger partial charge in [0.1, 0.15) is 29.0 Å². The normalized spacial score (nSPS) is 10.8. The number of nitrogen functional groups attached to an aromatic ring is 1. The van der Waals surface area contributed by atoms with Crippen LogP contribution in [0.15, 0.2) is 55.1 Å². The van der Waals surface area contributed by atoms with Crippen molar-refractivity contribution in [2.75, 3.05) is 5.73 Å². The van der Waals surface area contributed by atoms with Gasteiger partial charge < -0.3 is 10.7 Å². The molecule has 9 heteroatoms. The molecule has 3 aromatic heterocycles. The van der Waals surface area contributed by atoms with Crippen molar-refractivity contribution in [2.24, 2.45) is 0 Å². The SMILES string of the molecule is CCc1cc2cccc(F)c2nc1-c1cc(Cl)ccc1F.Nc1ncnc2nc[nH]c12. The van der Waals surface area contributed by atoms with Crippen LogP contribution >= 0.6 is 11.6 Å². The Morgan fingerprint density at radius 2 is 1.87 bits per heavy atom. The van der Waals surface area contributed by atoms with Crippen LogP contribution in [-0.2, 0) is 6.42 Å². The average Bonchev–Trinajstić information content (AvgIpc) is 3.26. The van der Waals surface area contributed by atoms with Crippen molar-refractivity contribution in [1.82, 2.24) is 24.9 Å². The highest BCUT2D eigenvalue weighted by molar-refractivity contribution is 6.30. The highest BCUT2D eigenvalue weighted by Crippen LogP contribution is 2.30. The van der Waals surface area contributed by atoms with E-state index in [0.29, 0.717) is 45.1 Å². The fourth-order valence-corrected chi connectivity index (χ4v) is 3.34. The fraction of sp³-hybridized carbons (Fsp3) is 0.0909. The minimum absolute atomic E-state index is 0.240. The summed E-state index contributed by atoms with van der Waals surface area (Å²) >= 11 is 5.94. The number of halogens is 3. The first-order valence-corrected chi connectivity index (χ1v) is 9.78. The van der Waals surface area contributed by atoms with E-state index in [2.05, 4.69) is 24.9 Å². The number of anilines is 1. The summed E-state index contributed by atoms with van der Waals surface area (Å²) < 4.78 is 28.0. The molecule has 156 valence electrons. The van der Waals surface area contributed by atoms with Gasteiger partial charge in [-0.3, -0.25) is 0 Å². The van der Waals surface area contributed by atoms with Gasteiger partial charge in [0, 0.05) is 16.0 Å². The molecule has 0 spiro atoms. The molecule has 0 aliphatic rings. The van der Waals surface area contributed by atoms with Gasteiger partial charge in [-0.2, -0.15) is 0 Å². The zero-order valence-corrected chi connectivity index (χ0v) is 17.2. The van der Waals surface area contributed by atoms with Crippen molar-refractivity contribution in [2.45, 2.75) is 13.3 Å². The van der Waals surface area contributed by atoms with Gasteiger partial charge in [-0.1, -0.05) is 30.7 Å². The third-order valence-corrected chi connectivity index (χ3v) is 4.93. The summed E-state index contributed by atoms with van der Waals surface area (Å²) in [5, 5.41) is 1.13. The fourth-order valence-electron chi connectivity index (χ4n) is 3.17. The molecular formula is C22H17ClF2N6. The number of rotatable bonds is 2. The van der Waals surface area contributed by atoms with Crippen LogP contribution in [0.2, 0.25) is 5.02 Å². The minimum Gasteiger partial charge on any atom is -0.382 e. The average molecular weight is 439 g/mol. The molecule has 6 nitrogen and oxygen atoms in total. The van der Waals surface area contributed by atoms with E-state index >= 15 is 0 Å². The number of benzene rings is 2. The molecule has 0 saturated heterocycles. The van der Waals surface area contributed by atoms with Crippen LogP contribution in [0.25, 0.3) is 33.3 Å². The number of aromatic nitrogens is 5. The number of pyridine rings is 1. The first-order chi connectivity index (χ1) is 15.0.